The zero-order valence-electron chi connectivity index (χ0n) is 3.57. The zero-order chi connectivity index (χ0) is 5.86. The summed E-state index contributed by atoms with van der Waals surface area (Å²) in [6, 6.07) is 0. The summed E-state index contributed by atoms with van der Waals surface area (Å²) in [6.45, 7) is 0. The SMILES string of the molecule is N/C(Cl)=C\C(N)Cl. The lowest BCUT2D eigenvalue weighted by atomic mass is 10.6. The first-order chi connectivity index (χ1) is 3.13. The average molecular weight is 141 g/mol. The monoisotopic (exact) mass is 140 g/mol. The summed E-state index contributed by atoms with van der Waals surface area (Å²) < 4.78 is 0. The van der Waals surface area contributed by atoms with Gasteiger partial charge in [-0.15, -0.1) is 11.6 Å². The molecule has 0 aromatic heterocycles. The number of hydrogen-bond acceptors (Lipinski definition) is 2. The molecule has 0 bridgehead atoms. The van der Waals surface area contributed by atoms with E-state index in [0.717, 1.165) is 0 Å². The van der Waals surface area contributed by atoms with Crippen molar-refractivity contribution in [2.24, 2.45) is 11.5 Å². The minimum absolute atomic E-state index is 0.127. The molecule has 0 saturated heterocycles. The van der Waals surface area contributed by atoms with E-state index in [4.69, 9.17) is 34.7 Å². The highest BCUT2D eigenvalue weighted by atomic mass is 35.5. The van der Waals surface area contributed by atoms with Crippen LogP contribution in [0.5, 0.6) is 0 Å². The van der Waals surface area contributed by atoms with Crippen molar-refractivity contribution in [3.05, 3.63) is 11.2 Å². The minimum atomic E-state index is -0.572. The van der Waals surface area contributed by atoms with Crippen LogP contribution >= 0.6 is 23.2 Å². The van der Waals surface area contributed by atoms with E-state index < -0.39 is 5.50 Å². The Labute approximate surface area is 52.1 Å². The summed E-state index contributed by atoms with van der Waals surface area (Å²) in [5, 5.41) is 0.127. The van der Waals surface area contributed by atoms with E-state index >= 15 is 0 Å². The van der Waals surface area contributed by atoms with Crippen LogP contribution in [0.4, 0.5) is 0 Å². The second-order valence-electron chi connectivity index (χ2n) is 0.996. The number of alkyl halides is 1. The molecule has 4 N–H and O–H groups in total. The Morgan fingerprint density at radius 2 is 2.14 bits per heavy atom. The van der Waals surface area contributed by atoms with Crippen LogP contribution in [0.2, 0.25) is 0 Å². The van der Waals surface area contributed by atoms with Gasteiger partial charge in [-0.05, 0) is 6.08 Å². The molecule has 0 heterocycles. The summed E-state index contributed by atoms with van der Waals surface area (Å²) in [7, 11) is 0. The third-order valence-corrected chi connectivity index (χ3v) is 0.570. The van der Waals surface area contributed by atoms with Crippen LogP contribution < -0.4 is 11.5 Å². The molecule has 0 fully saturated rings. The van der Waals surface area contributed by atoms with Gasteiger partial charge in [-0.25, -0.2) is 0 Å². The smallest absolute Gasteiger partial charge is 0.102 e. The van der Waals surface area contributed by atoms with Crippen molar-refractivity contribution in [2.45, 2.75) is 5.50 Å². The van der Waals surface area contributed by atoms with E-state index in [-0.39, 0.29) is 5.16 Å². The third kappa shape index (κ3) is 6.08. The van der Waals surface area contributed by atoms with Crippen LogP contribution in [0.3, 0.4) is 0 Å². The van der Waals surface area contributed by atoms with Crippen LogP contribution in [0, 0.1) is 0 Å². The van der Waals surface area contributed by atoms with Gasteiger partial charge in [-0.2, -0.15) is 0 Å². The molecule has 0 rings (SSSR count). The number of rotatable bonds is 1. The lowest BCUT2D eigenvalue weighted by Crippen LogP contribution is -2.09. The van der Waals surface area contributed by atoms with Gasteiger partial charge in [0.05, 0.1) is 5.16 Å². The quantitative estimate of drug-likeness (QED) is 0.413. The van der Waals surface area contributed by atoms with Gasteiger partial charge in [0.1, 0.15) is 5.50 Å². The van der Waals surface area contributed by atoms with Gasteiger partial charge < -0.3 is 11.5 Å². The normalized spacial score (nSPS) is 16.7. The van der Waals surface area contributed by atoms with Gasteiger partial charge in [-0.1, -0.05) is 11.6 Å². The molecule has 0 aliphatic heterocycles. The highest BCUT2D eigenvalue weighted by Crippen LogP contribution is 1.94. The summed E-state index contributed by atoms with van der Waals surface area (Å²) in [4.78, 5) is 0. The van der Waals surface area contributed by atoms with Crippen LogP contribution in [0.25, 0.3) is 0 Å². The largest absolute Gasteiger partial charge is 0.390 e. The first kappa shape index (κ1) is 7.08. The fourth-order valence-corrected chi connectivity index (χ4v) is 0.488. The zero-order valence-corrected chi connectivity index (χ0v) is 5.08. The van der Waals surface area contributed by atoms with Crippen LogP contribution in [0.15, 0.2) is 11.2 Å². The molecule has 0 aromatic carbocycles. The molecule has 0 aliphatic rings. The van der Waals surface area contributed by atoms with Crippen molar-refractivity contribution in [1.82, 2.24) is 0 Å². The van der Waals surface area contributed by atoms with Crippen LogP contribution in [0.1, 0.15) is 0 Å². The van der Waals surface area contributed by atoms with E-state index in [1.165, 1.54) is 6.08 Å². The average Bonchev–Trinajstić information content (AvgIpc) is 1.27. The van der Waals surface area contributed by atoms with Crippen molar-refractivity contribution in [3.63, 3.8) is 0 Å². The first-order valence-electron chi connectivity index (χ1n) is 1.65. The summed E-state index contributed by atoms with van der Waals surface area (Å²) in [6.07, 6.45) is 1.34. The lowest BCUT2D eigenvalue weighted by Gasteiger charge is -1.89. The molecule has 4 heteroatoms. The van der Waals surface area contributed by atoms with Crippen molar-refractivity contribution in [3.8, 4) is 0 Å². The van der Waals surface area contributed by atoms with E-state index in [1.54, 1.807) is 0 Å². The Bertz CT molecular complexity index is 75.0. The van der Waals surface area contributed by atoms with Crippen molar-refractivity contribution in [1.29, 1.82) is 0 Å². The second-order valence-corrected chi connectivity index (χ2v) is 1.94. The molecule has 7 heavy (non-hydrogen) atoms. The highest BCUT2D eigenvalue weighted by molar-refractivity contribution is 6.30. The molecule has 0 amide bonds. The van der Waals surface area contributed by atoms with E-state index in [2.05, 4.69) is 0 Å². The van der Waals surface area contributed by atoms with Gasteiger partial charge in [0.15, 0.2) is 0 Å². The topological polar surface area (TPSA) is 52.0 Å². The predicted molar refractivity (Wildman–Crippen MR) is 32.0 cm³/mol. The molecule has 42 valence electrons. The molecule has 0 spiro atoms. The maximum Gasteiger partial charge on any atom is 0.102 e. The Morgan fingerprint density at radius 3 is 2.14 bits per heavy atom. The number of nitrogens with two attached hydrogens (primary N) is 2. The molecule has 0 radical (unpaired) electrons. The summed E-state index contributed by atoms with van der Waals surface area (Å²) in [5.41, 5.74) is 9.40. The first-order valence-corrected chi connectivity index (χ1v) is 2.47. The van der Waals surface area contributed by atoms with Gasteiger partial charge in [0, 0.05) is 0 Å². The Hall–Kier alpha value is 0.0800. The van der Waals surface area contributed by atoms with Crippen molar-refractivity contribution >= 4 is 23.2 Å². The Morgan fingerprint density at radius 1 is 1.71 bits per heavy atom. The van der Waals surface area contributed by atoms with E-state index in [1.807, 2.05) is 0 Å². The third-order valence-electron chi connectivity index (χ3n) is 0.318. The highest BCUT2D eigenvalue weighted by Gasteiger charge is 1.87. The maximum atomic E-state index is 5.21. The van der Waals surface area contributed by atoms with Gasteiger partial charge in [0.25, 0.3) is 0 Å². The fraction of sp³-hybridized carbons (Fsp3) is 0.333. The van der Waals surface area contributed by atoms with Gasteiger partial charge >= 0.3 is 0 Å². The molecular weight excluding hydrogens is 135 g/mol. The van der Waals surface area contributed by atoms with Crippen molar-refractivity contribution in [2.75, 3.05) is 0 Å². The molecule has 1 atom stereocenters. The van der Waals surface area contributed by atoms with Crippen molar-refractivity contribution < 1.29 is 0 Å². The van der Waals surface area contributed by atoms with E-state index in [9.17, 15) is 0 Å². The maximum absolute atomic E-state index is 5.21. The molecule has 0 aliphatic carbocycles. The number of hydrogen-bond donors (Lipinski definition) is 2. The number of halogens is 2. The van der Waals surface area contributed by atoms with Crippen LogP contribution in [-0.2, 0) is 0 Å². The Kier molecular flexibility index (Phi) is 3.17. The summed E-state index contributed by atoms with van der Waals surface area (Å²) in [5.74, 6) is 0. The fourth-order valence-electron chi connectivity index (χ4n) is 0.152. The van der Waals surface area contributed by atoms with Gasteiger partial charge in [-0.3, -0.25) is 0 Å². The predicted octanol–water partition coefficient (Wildman–Crippen LogP) is 0.549. The molecule has 2 nitrogen and oxygen atoms in total. The second kappa shape index (κ2) is 3.13. The molecular formula is C3H6Cl2N2. The molecule has 0 aromatic rings. The molecule has 1 unspecified atom stereocenters. The van der Waals surface area contributed by atoms with E-state index in [0.29, 0.717) is 0 Å². The molecule has 0 saturated carbocycles. The lowest BCUT2D eigenvalue weighted by molar-refractivity contribution is 1.13. The standard InChI is InChI=1S/C3H6Cl2N2/c4-2(6)1-3(5)7/h1-2H,6-7H2/b3-1-. The van der Waals surface area contributed by atoms with Gasteiger partial charge in [0.2, 0.25) is 0 Å². The Balaban J connectivity index is 3.45. The minimum Gasteiger partial charge on any atom is -0.390 e. The van der Waals surface area contributed by atoms with Crippen LogP contribution in [-0.4, -0.2) is 5.50 Å². The summed E-state index contributed by atoms with van der Waals surface area (Å²) >= 11 is 10.4.